The Balaban J connectivity index is 1.82. The summed E-state index contributed by atoms with van der Waals surface area (Å²) in [5.41, 5.74) is 4.24. The Morgan fingerprint density at radius 2 is 1.92 bits per heavy atom. The van der Waals surface area contributed by atoms with Gasteiger partial charge in [0.1, 0.15) is 0 Å². The lowest BCUT2D eigenvalue weighted by atomic mass is 9.87. The maximum absolute atomic E-state index is 12.3. The zero-order chi connectivity index (χ0) is 18.5. The molecule has 134 valence electrons. The molecule has 1 amide bonds. The first-order valence-electron chi connectivity index (χ1n) is 8.28. The van der Waals surface area contributed by atoms with Crippen LogP contribution in [0, 0.1) is 0 Å². The summed E-state index contributed by atoms with van der Waals surface area (Å²) in [7, 11) is -1.37. The molecule has 4 rings (SSSR count). The lowest BCUT2D eigenvalue weighted by molar-refractivity contribution is -0.116. The van der Waals surface area contributed by atoms with Gasteiger partial charge in [0.2, 0.25) is 15.9 Å². The molecule has 0 fully saturated rings. The van der Waals surface area contributed by atoms with Gasteiger partial charge in [-0.15, -0.1) is 0 Å². The van der Waals surface area contributed by atoms with Crippen LogP contribution in [0.1, 0.15) is 23.6 Å². The summed E-state index contributed by atoms with van der Waals surface area (Å²) in [6, 6.07) is 15.5. The number of nitrogens with one attached hydrogen (secondary N) is 2. The van der Waals surface area contributed by atoms with Gasteiger partial charge >= 0.3 is 0 Å². The molecule has 0 bridgehead atoms. The van der Waals surface area contributed by atoms with Crippen molar-refractivity contribution in [3.63, 3.8) is 0 Å². The highest BCUT2D eigenvalue weighted by molar-refractivity contribution is 7.92. The number of benzene rings is 2. The minimum Gasteiger partial charge on any atom is -0.347 e. The van der Waals surface area contributed by atoms with Crippen LogP contribution >= 0.6 is 0 Å². The number of hydrogen-bond acceptors (Lipinski definition) is 3. The number of hydrogen-bond donors (Lipinski definition) is 2. The Morgan fingerprint density at radius 3 is 2.65 bits per heavy atom. The Bertz CT molecular complexity index is 1130. The monoisotopic (exact) mass is 369 g/mol. The van der Waals surface area contributed by atoms with Crippen LogP contribution < -0.4 is 10.0 Å². The minimum absolute atomic E-state index is 0.0794. The largest absolute Gasteiger partial charge is 0.347 e. The van der Waals surface area contributed by atoms with Gasteiger partial charge < -0.3 is 9.88 Å². The van der Waals surface area contributed by atoms with Gasteiger partial charge in [-0.3, -0.25) is 9.52 Å². The summed E-state index contributed by atoms with van der Waals surface area (Å²) >= 11 is 0. The number of amides is 1. The second-order valence-corrected chi connectivity index (χ2v) is 8.42. The Hall–Kier alpha value is -2.80. The van der Waals surface area contributed by atoms with Crippen molar-refractivity contribution >= 4 is 38.2 Å². The number of rotatable bonds is 3. The summed E-state index contributed by atoms with van der Waals surface area (Å²) in [6.07, 6.45) is 1.46. The van der Waals surface area contributed by atoms with Crippen molar-refractivity contribution in [2.24, 2.45) is 7.05 Å². The van der Waals surface area contributed by atoms with E-state index < -0.39 is 10.0 Å². The molecule has 0 aliphatic carbocycles. The third kappa shape index (κ3) is 2.94. The molecule has 0 radical (unpaired) electrons. The van der Waals surface area contributed by atoms with Gasteiger partial charge in [-0.05, 0) is 35.2 Å². The van der Waals surface area contributed by atoms with E-state index in [1.807, 2.05) is 25.2 Å². The van der Waals surface area contributed by atoms with E-state index in [0.29, 0.717) is 17.8 Å². The van der Waals surface area contributed by atoms with Crippen molar-refractivity contribution < 1.29 is 13.2 Å². The normalized spacial score (nSPS) is 17.0. The van der Waals surface area contributed by atoms with Crippen molar-refractivity contribution in [1.29, 1.82) is 0 Å². The average molecular weight is 369 g/mol. The maximum atomic E-state index is 12.3. The number of aryl methyl sites for hydroxylation is 1. The van der Waals surface area contributed by atoms with E-state index in [1.54, 1.807) is 12.1 Å². The fourth-order valence-electron chi connectivity index (χ4n) is 3.65. The number of nitrogens with zero attached hydrogens (tertiary/aromatic N) is 1. The molecule has 6 nitrogen and oxygen atoms in total. The molecule has 0 unspecified atom stereocenters. The third-order valence-corrected chi connectivity index (χ3v) is 5.35. The smallest absolute Gasteiger partial charge is 0.229 e. The van der Waals surface area contributed by atoms with Crippen molar-refractivity contribution in [2.75, 3.05) is 16.3 Å². The Kier molecular flexibility index (Phi) is 3.77. The number of para-hydroxylation sites is 1. The summed E-state index contributed by atoms with van der Waals surface area (Å²) < 4.78 is 27.5. The molecule has 0 saturated carbocycles. The van der Waals surface area contributed by atoms with Crippen molar-refractivity contribution in [1.82, 2.24) is 4.57 Å². The van der Waals surface area contributed by atoms with Crippen LogP contribution in [0.2, 0.25) is 0 Å². The van der Waals surface area contributed by atoms with E-state index >= 15 is 0 Å². The van der Waals surface area contributed by atoms with Gasteiger partial charge in [0.05, 0.1) is 11.9 Å². The van der Waals surface area contributed by atoms with Gasteiger partial charge in [-0.25, -0.2) is 8.42 Å². The van der Waals surface area contributed by atoms with Crippen LogP contribution in [0.5, 0.6) is 0 Å². The second kappa shape index (κ2) is 5.88. The average Bonchev–Trinajstić information content (AvgIpc) is 2.89. The van der Waals surface area contributed by atoms with E-state index in [1.165, 1.54) is 0 Å². The number of sulfonamides is 1. The molecular formula is C19H19N3O3S. The summed E-state index contributed by atoms with van der Waals surface area (Å²) in [4.78, 5) is 12.3. The highest BCUT2D eigenvalue weighted by Gasteiger charge is 2.29. The number of anilines is 2. The first-order valence-corrected chi connectivity index (χ1v) is 10.2. The molecule has 7 heteroatoms. The van der Waals surface area contributed by atoms with Gasteiger partial charge in [-0.2, -0.15) is 0 Å². The molecule has 26 heavy (non-hydrogen) atoms. The van der Waals surface area contributed by atoms with E-state index in [4.69, 9.17) is 0 Å². The van der Waals surface area contributed by atoms with Gasteiger partial charge in [0, 0.05) is 36.3 Å². The first kappa shape index (κ1) is 16.7. The van der Waals surface area contributed by atoms with Gasteiger partial charge in [0.15, 0.2) is 0 Å². The zero-order valence-corrected chi connectivity index (χ0v) is 15.3. The molecule has 2 N–H and O–H groups in total. The maximum Gasteiger partial charge on any atom is 0.229 e. The zero-order valence-electron chi connectivity index (χ0n) is 14.5. The second-order valence-electron chi connectivity index (χ2n) is 6.67. The summed E-state index contributed by atoms with van der Waals surface area (Å²) in [5.74, 6) is -0.160. The molecule has 3 aromatic rings. The van der Waals surface area contributed by atoms with Crippen LogP contribution in [-0.4, -0.2) is 25.1 Å². The molecule has 1 aromatic heterocycles. The molecule has 2 heterocycles. The first-order chi connectivity index (χ1) is 12.3. The standard InChI is InChI=1S/C19H19N3O3S/c1-22-17-6-4-3-5-12(17)9-18(22)15-11-19(23)20-16-10-13(7-8-14(15)16)21-26(2,24)25/h3-10,15,21H,11H2,1-2H3,(H,20,23)/t15-/m0/s1. The SMILES string of the molecule is Cn1c([C@H]2CC(=O)Nc3cc(NS(C)(=O)=O)ccc32)cc2ccccc21. The van der Waals surface area contributed by atoms with Crippen LogP contribution in [-0.2, 0) is 21.9 Å². The topological polar surface area (TPSA) is 80.2 Å². The molecule has 1 aliphatic heterocycles. The fourth-order valence-corrected chi connectivity index (χ4v) is 4.21. The van der Waals surface area contributed by atoms with Crippen molar-refractivity contribution in [3.8, 4) is 0 Å². The molecular weight excluding hydrogens is 350 g/mol. The summed E-state index contributed by atoms with van der Waals surface area (Å²) in [5, 5.41) is 3.99. The van der Waals surface area contributed by atoms with Crippen molar-refractivity contribution in [3.05, 3.63) is 59.8 Å². The Labute approximate surface area is 151 Å². The number of carbonyl (C=O) groups excluding carboxylic acids is 1. The van der Waals surface area contributed by atoms with E-state index in [2.05, 4.69) is 32.8 Å². The predicted octanol–water partition coefficient (Wildman–Crippen LogP) is 3.02. The number of fused-ring (bicyclic) bond motifs is 2. The Morgan fingerprint density at radius 1 is 1.15 bits per heavy atom. The lowest BCUT2D eigenvalue weighted by Gasteiger charge is -2.27. The molecule has 0 spiro atoms. The van der Waals surface area contributed by atoms with Crippen LogP contribution in [0.25, 0.3) is 10.9 Å². The number of carbonyl (C=O) groups is 1. The lowest BCUT2D eigenvalue weighted by Crippen LogP contribution is -2.24. The predicted molar refractivity (Wildman–Crippen MR) is 103 cm³/mol. The van der Waals surface area contributed by atoms with Gasteiger partial charge in [0.25, 0.3) is 0 Å². The van der Waals surface area contributed by atoms with Crippen LogP contribution in [0.4, 0.5) is 11.4 Å². The number of aromatic nitrogens is 1. The van der Waals surface area contributed by atoms with E-state index in [-0.39, 0.29) is 11.8 Å². The quantitative estimate of drug-likeness (QED) is 0.745. The van der Waals surface area contributed by atoms with Crippen molar-refractivity contribution in [2.45, 2.75) is 12.3 Å². The third-order valence-electron chi connectivity index (χ3n) is 4.74. The minimum atomic E-state index is -3.37. The van der Waals surface area contributed by atoms with E-state index in [0.717, 1.165) is 28.4 Å². The van der Waals surface area contributed by atoms with E-state index in [9.17, 15) is 13.2 Å². The molecule has 1 aliphatic rings. The van der Waals surface area contributed by atoms with Gasteiger partial charge in [-0.1, -0.05) is 24.3 Å². The molecule has 1 atom stereocenters. The van der Waals surface area contributed by atoms with Crippen LogP contribution in [0.3, 0.4) is 0 Å². The fraction of sp³-hybridized carbons (Fsp3) is 0.211. The highest BCUT2D eigenvalue weighted by Crippen LogP contribution is 2.40. The highest BCUT2D eigenvalue weighted by atomic mass is 32.2. The van der Waals surface area contributed by atoms with Crippen LogP contribution in [0.15, 0.2) is 48.5 Å². The molecule has 0 saturated heterocycles. The summed E-state index contributed by atoms with van der Waals surface area (Å²) in [6.45, 7) is 0. The molecule has 2 aromatic carbocycles.